The van der Waals surface area contributed by atoms with Gasteiger partial charge in [-0.2, -0.15) is 0 Å². The third-order valence-corrected chi connectivity index (χ3v) is 5.76. The Balaban J connectivity index is 2.02. The summed E-state index contributed by atoms with van der Waals surface area (Å²) in [7, 11) is -4.78. The maximum absolute atomic E-state index is 13.0. The molecule has 0 fully saturated rings. The van der Waals surface area contributed by atoms with Crippen LogP contribution in [-0.4, -0.2) is 40.0 Å². The van der Waals surface area contributed by atoms with Crippen molar-refractivity contribution >= 4 is 31.1 Å². The molecule has 2 aromatic rings. The van der Waals surface area contributed by atoms with Crippen molar-refractivity contribution in [1.29, 1.82) is 0 Å². The van der Waals surface area contributed by atoms with Crippen LogP contribution in [0, 0.1) is 0 Å². The Hall–Kier alpha value is -2.26. The van der Waals surface area contributed by atoms with Crippen LogP contribution < -0.4 is 10.1 Å². The number of rotatable bonds is 7. The normalized spacial score (nSPS) is 19.6. The molecular weight excluding hydrogens is 461 g/mol. The van der Waals surface area contributed by atoms with Crippen LogP contribution in [0.3, 0.4) is 0 Å². The van der Waals surface area contributed by atoms with Gasteiger partial charge in [-0.15, -0.1) is 0 Å². The van der Waals surface area contributed by atoms with Crippen molar-refractivity contribution in [3.63, 3.8) is 0 Å². The van der Waals surface area contributed by atoms with Crippen LogP contribution in [0.25, 0.3) is 0 Å². The number of phosphoric acid groups is 1. The van der Waals surface area contributed by atoms with Gasteiger partial charge in [-0.3, -0.25) is 14.1 Å². The van der Waals surface area contributed by atoms with Gasteiger partial charge in [-0.05, 0) is 51.1 Å². The Morgan fingerprint density at radius 1 is 1.22 bits per heavy atom. The first-order valence-corrected chi connectivity index (χ1v) is 11.5. The number of fused-ring (bicyclic) bond motifs is 1. The van der Waals surface area contributed by atoms with Gasteiger partial charge in [-0.25, -0.2) is 4.57 Å². The molecule has 3 N–H and O–H groups in total. The molecule has 1 amide bonds. The summed E-state index contributed by atoms with van der Waals surface area (Å²) in [6.07, 6.45) is -0.935. The number of carbonyl (C=O) groups is 2. The molecular formula is C21H23ClNO8P. The Morgan fingerprint density at radius 3 is 2.53 bits per heavy atom. The molecule has 2 atom stereocenters. The van der Waals surface area contributed by atoms with Crippen LogP contribution in [0.5, 0.6) is 5.75 Å². The number of benzene rings is 2. The number of hydrogen-bond acceptors (Lipinski definition) is 6. The first-order chi connectivity index (χ1) is 14.9. The zero-order valence-corrected chi connectivity index (χ0v) is 19.2. The molecule has 0 spiro atoms. The van der Waals surface area contributed by atoms with Crippen LogP contribution in [0.4, 0.5) is 0 Å². The lowest BCUT2D eigenvalue weighted by molar-refractivity contribution is -0.141. The van der Waals surface area contributed by atoms with Gasteiger partial charge in [0, 0.05) is 11.1 Å². The molecule has 0 aliphatic carbocycles. The molecule has 2 aromatic carbocycles. The van der Waals surface area contributed by atoms with E-state index >= 15 is 0 Å². The molecule has 0 saturated heterocycles. The van der Waals surface area contributed by atoms with E-state index in [0.717, 1.165) is 0 Å². The number of halogens is 1. The first kappa shape index (κ1) is 24.4. The predicted molar refractivity (Wildman–Crippen MR) is 116 cm³/mol. The minimum absolute atomic E-state index is 0.184. The second kappa shape index (κ2) is 9.31. The van der Waals surface area contributed by atoms with Crippen molar-refractivity contribution in [1.82, 2.24) is 5.32 Å². The Bertz CT molecular complexity index is 1080. The quantitative estimate of drug-likeness (QED) is 0.309. The minimum Gasteiger partial charge on any atom is -0.485 e. The minimum atomic E-state index is -4.78. The number of amides is 1. The SMILES string of the molecule is CC(=O)c1ccc2c(c1)[C@H](NC(=O)c1ccccc1Cl)[C@@H](OCOP(=O)(O)O)C(C)(C)O2. The largest absolute Gasteiger partial charge is 0.485 e. The van der Waals surface area contributed by atoms with E-state index in [0.29, 0.717) is 16.9 Å². The van der Waals surface area contributed by atoms with E-state index in [1.165, 1.54) is 6.92 Å². The highest BCUT2D eigenvalue weighted by atomic mass is 35.5. The Morgan fingerprint density at radius 2 is 1.91 bits per heavy atom. The van der Waals surface area contributed by atoms with Crippen molar-refractivity contribution < 1.29 is 37.9 Å². The highest BCUT2D eigenvalue weighted by Gasteiger charge is 2.46. The summed E-state index contributed by atoms with van der Waals surface area (Å²) in [5.41, 5.74) is 0.0577. The molecule has 1 aliphatic rings. The highest BCUT2D eigenvalue weighted by Crippen LogP contribution is 2.43. The average Bonchev–Trinajstić information content (AvgIpc) is 2.68. The van der Waals surface area contributed by atoms with Gasteiger partial charge in [0.15, 0.2) is 12.6 Å². The maximum atomic E-state index is 13.0. The van der Waals surface area contributed by atoms with Crippen molar-refractivity contribution in [2.45, 2.75) is 38.5 Å². The molecule has 0 radical (unpaired) electrons. The standard InChI is InChI=1S/C21H23ClNO8P/c1-12(24)13-8-9-17-15(10-13)18(23-20(25)14-6-4-5-7-16(14)22)19(21(2,3)31-17)29-11-30-32(26,27)28/h4-10,18-19H,11H2,1-3H3,(H,23,25)(H2,26,27,28)/t18-,19+/m0/s1. The van der Waals surface area contributed by atoms with Crippen molar-refractivity contribution in [3.05, 3.63) is 64.2 Å². The maximum Gasteiger partial charge on any atom is 0.471 e. The molecule has 1 aliphatic heterocycles. The van der Waals surface area contributed by atoms with Crippen LogP contribution >= 0.6 is 19.4 Å². The molecule has 0 aromatic heterocycles. The highest BCUT2D eigenvalue weighted by molar-refractivity contribution is 7.46. The number of phosphoric ester groups is 1. The van der Waals surface area contributed by atoms with E-state index in [4.69, 9.17) is 30.9 Å². The van der Waals surface area contributed by atoms with Gasteiger partial charge in [-0.1, -0.05) is 23.7 Å². The topological polar surface area (TPSA) is 131 Å². The summed E-state index contributed by atoms with van der Waals surface area (Å²) in [5.74, 6) is -0.252. The van der Waals surface area contributed by atoms with E-state index in [1.807, 2.05) is 0 Å². The average molecular weight is 484 g/mol. The third kappa shape index (κ3) is 5.56. The van der Waals surface area contributed by atoms with Crippen LogP contribution in [0.1, 0.15) is 53.1 Å². The van der Waals surface area contributed by atoms with Crippen LogP contribution in [-0.2, 0) is 13.8 Å². The summed E-state index contributed by atoms with van der Waals surface area (Å²) in [6.45, 7) is 4.06. The summed E-state index contributed by atoms with van der Waals surface area (Å²) in [6, 6.07) is 10.5. The summed E-state index contributed by atoms with van der Waals surface area (Å²) in [4.78, 5) is 42.9. The second-order valence-corrected chi connectivity index (χ2v) is 9.42. The van der Waals surface area contributed by atoms with Gasteiger partial charge in [0.1, 0.15) is 17.5 Å². The van der Waals surface area contributed by atoms with E-state index < -0.39 is 38.3 Å². The summed E-state index contributed by atoms with van der Waals surface area (Å²) >= 11 is 6.16. The number of ketones is 1. The number of ether oxygens (including phenoxy) is 2. The fourth-order valence-electron chi connectivity index (χ4n) is 3.50. The summed E-state index contributed by atoms with van der Waals surface area (Å²) < 4.78 is 27.2. The van der Waals surface area contributed by atoms with E-state index in [9.17, 15) is 14.2 Å². The van der Waals surface area contributed by atoms with Gasteiger partial charge >= 0.3 is 7.82 Å². The van der Waals surface area contributed by atoms with E-state index in [1.54, 1.807) is 56.3 Å². The van der Waals surface area contributed by atoms with Crippen molar-refractivity contribution in [3.8, 4) is 5.75 Å². The third-order valence-electron chi connectivity index (χ3n) is 4.99. The predicted octanol–water partition coefficient (Wildman–Crippen LogP) is 3.64. The second-order valence-electron chi connectivity index (χ2n) is 7.77. The smallest absolute Gasteiger partial charge is 0.471 e. The van der Waals surface area contributed by atoms with Gasteiger partial charge < -0.3 is 24.6 Å². The zero-order valence-electron chi connectivity index (χ0n) is 17.6. The van der Waals surface area contributed by atoms with Gasteiger partial charge in [0.2, 0.25) is 0 Å². The molecule has 172 valence electrons. The van der Waals surface area contributed by atoms with E-state index in [2.05, 4.69) is 9.84 Å². The zero-order chi connectivity index (χ0) is 23.7. The molecule has 1 heterocycles. The lowest BCUT2D eigenvalue weighted by atomic mass is 9.85. The molecule has 3 rings (SSSR count). The molecule has 0 saturated carbocycles. The molecule has 0 bridgehead atoms. The number of nitrogens with one attached hydrogen (secondary N) is 1. The van der Waals surface area contributed by atoms with Gasteiger partial charge in [0.25, 0.3) is 5.91 Å². The Kier molecular flexibility index (Phi) is 7.09. The van der Waals surface area contributed by atoms with E-state index in [-0.39, 0.29) is 16.4 Å². The van der Waals surface area contributed by atoms with Gasteiger partial charge in [0.05, 0.1) is 16.6 Å². The van der Waals surface area contributed by atoms with Crippen molar-refractivity contribution in [2.75, 3.05) is 6.79 Å². The lowest BCUT2D eigenvalue weighted by Gasteiger charge is -2.44. The fraction of sp³-hybridized carbons (Fsp3) is 0.333. The number of hydrogen-bond donors (Lipinski definition) is 3. The van der Waals surface area contributed by atoms with Crippen molar-refractivity contribution in [2.24, 2.45) is 0 Å². The Labute approximate surface area is 189 Å². The molecule has 9 nitrogen and oxygen atoms in total. The lowest BCUT2D eigenvalue weighted by Crippen LogP contribution is -2.55. The summed E-state index contributed by atoms with van der Waals surface area (Å²) in [5, 5.41) is 3.11. The monoisotopic (exact) mass is 483 g/mol. The molecule has 0 unspecified atom stereocenters. The van der Waals surface area contributed by atoms with Crippen LogP contribution in [0.15, 0.2) is 42.5 Å². The van der Waals surface area contributed by atoms with Crippen LogP contribution in [0.2, 0.25) is 5.02 Å². The molecule has 11 heteroatoms. The number of Topliss-reactive ketones (excluding diaryl/α,β-unsaturated/α-hetero) is 1. The molecule has 32 heavy (non-hydrogen) atoms. The number of carbonyl (C=O) groups excluding carboxylic acids is 2. The first-order valence-electron chi connectivity index (χ1n) is 9.60. The fourth-order valence-corrected chi connectivity index (χ4v) is 3.92.